The van der Waals surface area contributed by atoms with E-state index in [1.54, 1.807) is 0 Å². The molecule has 2 aromatic rings. The maximum absolute atomic E-state index is 12.3. The van der Waals surface area contributed by atoms with E-state index in [4.69, 9.17) is 5.73 Å². The summed E-state index contributed by atoms with van der Waals surface area (Å²) in [5, 5.41) is 2.15. The maximum Gasteiger partial charge on any atom is 0.262 e. The molecule has 2 heterocycles. The first-order valence-corrected chi connectivity index (χ1v) is 7.08. The van der Waals surface area contributed by atoms with E-state index in [0.29, 0.717) is 11.6 Å². The van der Waals surface area contributed by atoms with E-state index in [1.165, 1.54) is 23.0 Å². The van der Waals surface area contributed by atoms with Crippen LogP contribution >= 0.6 is 0 Å². The first-order chi connectivity index (χ1) is 10.6. The van der Waals surface area contributed by atoms with Crippen LogP contribution in [0.5, 0.6) is 0 Å². The molecule has 1 aliphatic heterocycles. The highest BCUT2D eigenvalue weighted by Gasteiger charge is 2.32. The van der Waals surface area contributed by atoms with E-state index in [1.807, 2.05) is 24.3 Å². The molecule has 3 N–H and O–H groups in total. The number of rotatable bonds is 2. The molecule has 1 aromatic carbocycles. The van der Waals surface area contributed by atoms with Crippen molar-refractivity contribution in [1.82, 2.24) is 9.88 Å². The van der Waals surface area contributed by atoms with Crippen LogP contribution in [0.15, 0.2) is 35.1 Å². The van der Waals surface area contributed by atoms with Gasteiger partial charge in [0.1, 0.15) is 5.82 Å². The molecular formula is C16H13N3O3. The van der Waals surface area contributed by atoms with E-state index in [-0.39, 0.29) is 16.9 Å². The quantitative estimate of drug-likeness (QED) is 0.813. The zero-order valence-corrected chi connectivity index (χ0v) is 11.6. The summed E-state index contributed by atoms with van der Waals surface area (Å²) >= 11 is 0. The molecule has 22 heavy (non-hydrogen) atoms. The van der Waals surface area contributed by atoms with Gasteiger partial charge in [0.05, 0.1) is 16.8 Å². The number of amides is 2. The molecule has 2 aliphatic rings. The number of aromatic nitrogens is 1. The highest BCUT2D eigenvalue weighted by molar-refractivity contribution is 6.23. The Labute approximate surface area is 125 Å². The third-order valence-electron chi connectivity index (χ3n) is 4.15. The smallest absolute Gasteiger partial charge is 0.262 e. The number of imide groups is 1. The number of nitrogen functional groups attached to an aromatic ring is 1. The Balaban J connectivity index is 1.88. The topological polar surface area (TPSA) is 94.2 Å². The van der Waals surface area contributed by atoms with Crippen LogP contribution in [0.1, 0.15) is 45.0 Å². The van der Waals surface area contributed by atoms with Gasteiger partial charge >= 0.3 is 0 Å². The molecule has 6 nitrogen and oxygen atoms in total. The number of carbonyl (C=O) groups is 2. The number of nitrogens with two attached hydrogens (primary N) is 1. The SMILES string of the molecule is Nc1c2c(cc(=O)n1-c1ccc(C3CC3)cc1)C(=O)NC2=O. The maximum atomic E-state index is 12.3. The van der Waals surface area contributed by atoms with Gasteiger partial charge in [0, 0.05) is 6.07 Å². The normalized spacial score (nSPS) is 16.5. The number of pyridine rings is 1. The molecule has 0 spiro atoms. The van der Waals surface area contributed by atoms with Gasteiger partial charge in [0.2, 0.25) is 0 Å². The van der Waals surface area contributed by atoms with Crippen LogP contribution in [-0.2, 0) is 0 Å². The second kappa shape index (κ2) is 4.30. The Hall–Kier alpha value is -2.89. The molecule has 1 aromatic heterocycles. The summed E-state index contributed by atoms with van der Waals surface area (Å²) in [7, 11) is 0. The number of fused-ring (bicyclic) bond motifs is 1. The van der Waals surface area contributed by atoms with Crippen LogP contribution in [0.2, 0.25) is 0 Å². The Morgan fingerprint density at radius 3 is 2.36 bits per heavy atom. The molecule has 1 fully saturated rings. The third kappa shape index (κ3) is 1.77. The minimum absolute atomic E-state index is 0.00924. The lowest BCUT2D eigenvalue weighted by molar-refractivity contribution is 0.0880. The Bertz CT molecular complexity index is 877. The van der Waals surface area contributed by atoms with Gasteiger partial charge in [-0.3, -0.25) is 24.3 Å². The minimum Gasteiger partial charge on any atom is -0.384 e. The first kappa shape index (κ1) is 12.8. The van der Waals surface area contributed by atoms with Gasteiger partial charge in [0.15, 0.2) is 0 Å². The molecule has 110 valence electrons. The van der Waals surface area contributed by atoms with Crippen molar-refractivity contribution in [2.24, 2.45) is 0 Å². The van der Waals surface area contributed by atoms with Crippen LogP contribution in [0.3, 0.4) is 0 Å². The Morgan fingerprint density at radius 2 is 1.73 bits per heavy atom. The second-order valence-corrected chi connectivity index (χ2v) is 5.64. The summed E-state index contributed by atoms with van der Waals surface area (Å²) in [5.74, 6) is -0.544. The van der Waals surface area contributed by atoms with Gasteiger partial charge < -0.3 is 5.73 Å². The lowest BCUT2D eigenvalue weighted by Gasteiger charge is -2.12. The van der Waals surface area contributed by atoms with Crippen LogP contribution in [0.25, 0.3) is 5.69 Å². The van der Waals surface area contributed by atoms with Crippen molar-refractivity contribution in [2.75, 3.05) is 5.73 Å². The molecule has 0 atom stereocenters. The average molecular weight is 295 g/mol. The summed E-state index contributed by atoms with van der Waals surface area (Å²) in [6.07, 6.45) is 2.39. The van der Waals surface area contributed by atoms with E-state index in [0.717, 1.165) is 6.07 Å². The van der Waals surface area contributed by atoms with Crippen molar-refractivity contribution in [3.8, 4) is 5.69 Å². The highest BCUT2D eigenvalue weighted by atomic mass is 16.2. The van der Waals surface area contributed by atoms with Gasteiger partial charge in [0.25, 0.3) is 17.4 Å². The summed E-state index contributed by atoms with van der Waals surface area (Å²) in [6.45, 7) is 0. The zero-order chi connectivity index (χ0) is 15.4. The number of carbonyl (C=O) groups excluding carboxylic acids is 2. The van der Waals surface area contributed by atoms with Crippen molar-refractivity contribution in [1.29, 1.82) is 0 Å². The number of hydrogen-bond donors (Lipinski definition) is 2. The lowest BCUT2D eigenvalue weighted by Crippen LogP contribution is -2.24. The van der Waals surface area contributed by atoms with Crippen molar-refractivity contribution < 1.29 is 9.59 Å². The van der Waals surface area contributed by atoms with Gasteiger partial charge in [-0.15, -0.1) is 0 Å². The molecule has 4 rings (SSSR count). The summed E-state index contributed by atoms with van der Waals surface area (Å²) in [6, 6.07) is 8.72. The number of nitrogens with zero attached hydrogens (tertiary/aromatic N) is 1. The zero-order valence-electron chi connectivity index (χ0n) is 11.6. The molecule has 6 heteroatoms. The first-order valence-electron chi connectivity index (χ1n) is 7.08. The largest absolute Gasteiger partial charge is 0.384 e. The molecule has 0 unspecified atom stereocenters. The van der Waals surface area contributed by atoms with Crippen LogP contribution in [-0.4, -0.2) is 16.4 Å². The van der Waals surface area contributed by atoms with Crippen molar-refractivity contribution in [3.05, 3.63) is 57.4 Å². The number of hydrogen-bond acceptors (Lipinski definition) is 4. The van der Waals surface area contributed by atoms with Gasteiger partial charge in [-0.25, -0.2) is 0 Å². The van der Waals surface area contributed by atoms with E-state index < -0.39 is 17.4 Å². The molecule has 1 aliphatic carbocycles. The van der Waals surface area contributed by atoms with Gasteiger partial charge in [-0.05, 0) is 36.5 Å². The standard InChI is InChI=1S/C16H13N3O3/c17-14-13-11(15(21)18-16(13)22)7-12(20)19(14)10-5-3-9(4-6-10)8-1-2-8/h3-8H,1-2,17H2,(H,18,21,22). The molecular weight excluding hydrogens is 282 g/mol. The molecule has 0 saturated heterocycles. The second-order valence-electron chi connectivity index (χ2n) is 5.64. The highest BCUT2D eigenvalue weighted by Crippen LogP contribution is 2.40. The lowest BCUT2D eigenvalue weighted by atomic mass is 10.1. The molecule has 0 radical (unpaired) electrons. The number of benzene rings is 1. The van der Waals surface area contributed by atoms with E-state index in [9.17, 15) is 14.4 Å². The fraction of sp³-hybridized carbons (Fsp3) is 0.188. The summed E-state index contributed by atoms with van der Waals surface area (Å²) < 4.78 is 1.26. The van der Waals surface area contributed by atoms with Crippen LogP contribution in [0, 0.1) is 0 Å². The van der Waals surface area contributed by atoms with Crippen molar-refractivity contribution in [2.45, 2.75) is 18.8 Å². The van der Waals surface area contributed by atoms with E-state index >= 15 is 0 Å². The van der Waals surface area contributed by atoms with E-state index in [2.05, 4.69) is 5.32 Å². The average Bonchev–Trinajstić information content (AvgIpc) is 3.27. The van der Waals surface area contributed by atoms with Gasteiger partial charge in [-0.1, -0.05) is 12.1 Å². The number of anilines is 1. The minimum atomic E-state index is -0.583. The van der Waals surface area contributed by atoms with Gasteiger partial charge in [-0.2, -0.15) is 0 Å². The monoisotopic (exact) mass is 295 g/mol. The predicted molar refractivity (Wildman–Crippen MR) is 80.2 cm³/mol. The fourth-order valence-electron chi connectivity index (χ4n) is 2.86. The molecule has 1 saturated carbocycles. The molecule has 0 bridgehead atoms. The van der Waals surface area contributed by atoms with Crippen LogP contribution in [0.4, 0.5) is 5.82 Å². The third-order valence-corrected chi connectivity index (χ3v) is 4.15. The Morgan fingerprint density at radius 1 is 1.05 bits per heavy atom. The van der Waals surface area contributed by atoms with Crippen molar-refractivity contribution >= 4 is 17.6 Å². The molecule has 2 amide bonds. The van der Waals surface area contributed by atoms with Crippen molar-refractivity contribution in [3.63, 3.8) is 0 Å². The number of nitrogens with one attached hydrogen (secondary N) is 1. The Kier molecular flexibility index (Phi) is 2.51. The summed E-state index contributed by atoms with van der Waals surface area (Å²) in [5.41, 5.74) is 7.48. The van der Waals surface area contributed by atoms with Crippen LogP contribution < -0.4 is 16.6 Å². The predicted octanol–water partition coefficient (Wildman–Crippen LogP) is 1.18. The summed E-state index contributed by atoms with van der Waals surface area (Å²) in [4.78, 5) is 35.7. The fourth-order valence-corrected chi connectivity index (χ4v) is 2.86.